The molecule has 0 radical (unpaired) electrons. The molecule has 128 valence electrons. The zero-order valence-electron chi connectivity index (χ0n) is 14.9. The van der Waals surface area contributed by atoms with Crippen LogP contribution >= 0.6 is 0 Å². The molecule has 1 saturated heterocycles. The number of likely N-dealkylation sites (tertiary alicyclic amines) is 1. The zero-order chi connectivity index (χ0) is 17.0. The van der Waals surface area contributed by atoms with Crippen molar-refractivity contribution in [3.05, 3.63) is 29.8 Å². The van der Waals surface area contributed by atoms with Gasteiger partial charge in [0.05, 0.1) is 6.42 Å². The molecule has 23 heavy (non-hydrogen) atoms. The number of nitrogens with zero attached hydrogens (tertiary/aromatic N) is 1. The Morgan fingerprint density at radius 2 is 1.78 bits per heavy atom. The molecule has 0 bridgehead atoms. The SMILES string of the molecule is CC1CC(C)CN(C(C)(C)CNC(=O)Cc2ccc(N)cc2)C1. The summed E-state index contributed by atoms with van der Waals surface area (Å²) in [6, 6.07) is 7.49. The summed E-state index contributed by atoms with van der Waals surface area (Å²) in [4.78, 5) is 14.7. The average Bonchev–Trinajstić information content (AvgIpc) is 2.47. The Hall–Kier alpha value is -1.55. The van der Waals surface area contributed by atoms with Gasteiger partial charge in [-0.3, -0.25) is 9.69 Å². The molecule has 3 N–H and O–H groups in total. The molecule has 1 aromatic rings. The van der Waals surface area contributed by atoms with Crippen LogP contribution in [0.2, 0.25) is 0 Å². The molecule has 1 aliphatic rings. The quantitative estimate of drug-likeness (QED) is 0.821. The Bertz CT molecular complexity index is 514. The maximum absolute atomic E-state index is 12.2. The predicted molar refractivity (Wildman–Crippen MR) is 96.2 cm³/mol. The van der Waals surface area contributed by atoms with Gasteiger partial charge in [-0.15, -0.1) is 0 Å². The van der Waals surface area contributed by atoms with Gasteiger partial charge in [0.2, 0.25) is 5.91 Å². The van der Waals surface area contributed by atoms with Crippen molar-refractivity contribution in [2.45, 2.75) is 46.1 Å². The minimum absolute atomic E-state index is 0.0142. The van der Waals surface area contributed by atoms with Crippen molar-refractivity contribution in [1.82, 2.24) is 10.2 Å². The van der Waals surface area contributed by atoms with Crippen LogP contribution < -0.4 is 11.1 Å². The van der Waals surface area contributed by atoms with E-state index in [-0.39, 0.29) is 11.4 Å². The monoisotopic (exact) mass is 317 g/mol. The van der Waals surface area contributed by atoms with Crippen molar-refractivity contribution >= 4 is 11.6 Å². The van der Waals surface area contributed by atoms with E-state index in [1.54, 1.807) is 0 Å². The maximum atomic E-state index is 12.2. The summed E-state index contributed by atoms with van der Waals surface area (Å²) in [5.74, 6) is 1.52. The Labute approximate surface area is 140 Å². The molecule has 0 aromatic heterocycles. The first-order valence-corrected chi connectivity index (χ1v) is 8.62. The van der Waals surface area contributed by atoms with E-state index in [1.807, 2.05) is 24.3 Å². The van der Waals surface area contributed by atoms with Crippen LogP contribution in [0, 0.1) is 11.8 Å². The molecule has 1 heterocycles. The fourth-order valence-electron chi connectivity index (χ4n) is 3.47. The van der Waals surface area contributed by atoms with E-state index in [1.165, 1.54) is 6.42 Å². The largest absolute Gasteiger partial charge is 0.399 e. The molecule has 1 amide bonds. The Morgan fingerprint density at radius 3 is 2.35 bits per heavy atom. The average molecular weight is 317 g/mol. The summed E-state index contributed by atoms with van der Waals surface area (Å²) >= 11 is 0. The molecule has 2 unspecified atom stereocenters. The van der Waals surface area contributed by atoms with Gasteiger partial charge in [-0.05, 0) is 49.8 Å². The molecular formula is C19H31N3O. The summed E-state index contributed by atoms with van der Waals surface area (Å²) in [5.41, 5.74) is 7.38. The van der Waals surface area contributed by atoms with Crippen LogP contribution in [-0.2, 0) is 11.2 Å². The molecule has 2 rings (SSSR count). The number of nitrogens with two attached hydrogens (primary N) is 1. The number of hydrogen-bond donors (Lipinski definition) is 2. The van der Waals surface area contributed by atoms with Gasteiger partial charge in [0.1, 0.15) is 0 Å². The standard InChI is InChI=1S/C19H31N3O/c1-14-9-15(2)12-22(11-14)19(3,4)13-21-18(23)10-16-5-7-17(20)8-6-16/h5-8,14-15H,9-13,20H2,1-4H3,(H,21,23). The molecule has 2 atom stereocenters. The topological polar surface area (TPSA) is 58.4 Å². The summed E-state index contributed by atoms with van der Waals surface area (Å²) in [6.07, 6.45) is 1.71. The normalized spacial score (nSPS) is 22.8. The van der Waals surface area contributed by atoms with E-state index >= 15 is 0 Å². The van der Waals surface area contributed by atoms with Crippen molar-refractivity contribution in [1.29, 1.82) is 0 Å². The Morgan fingerprint density at radius 1 is 1.22 bits per heavy atom. The maximum Gasteiger partial charge on any atom is 0.224 e. The summed E-state index contributed by atoms with van der Waals surface area (Å²) in [5, 5.41) is 3.10. The van der Waals surface area contributed by atoms with Gasteiger partial charge in [-0.25, -0.2) is 0 Å². The van der Waals surface area contributed by atoms with E-state index in [0.29, 0.717) is 13.0 Å². The van der Waals surface area contributed by atoms with Gasteiger partial charge in [0.25, 0.3) is 0 Å². The second-order valence-corrected chi connectivity index (χ2v) is 7.86. The molecular weight excluding hydrogens is 286 g/mol. The molecule has 1 fully saturated rings. The molecule has 1 aliphatic heterocycles. The Kier molecular flexibility index (Phi) is 5.69. The third kappa shape index (κ3) is 5.24. The van der Waals surface area contributed by atoms with E-state index in [2.05, 4.69) is 37.9 Å². The van der Waals surface area contributed by atoms with Crippen molar-refractivity contribution < 1.29 is 4.79 Å². The van der Waals surface area contributed by atoms with Gasteiger partial charge in [0.15, 0.2) is 0 Å². The second-order valence-electron chi connectivity index (χ2n) is 7.86. The first-order chi connectivity index (χ1) is 10.8. The van der Waals surface area contributed by atoms with Crippen molar-refractivity contribution in [2.24, 2.45) is 11.8 Å². The molecule has 0 aliphatic carbocycles. The van der Waals surface area contributed by atoms with Gasteiger partial charge in [-0.2, -0.15) is 0 Å². The lowest BCUT2D eigenvalue weighted by Crippen LogP contribution is -2.56. The highest BCUT2D eigenvalue weighted by Gasteiger charge is 2.32. The van der Waals surface area contributed by atoms with Gasteiger partial charge in [0, 0.05) is 30.9 Å². The zero-order valence-corrected chi connectivity index (χ0v) is 14.9. The highest BCUT2D eigenvalue weighted by atomic mass is 16.1. The van der Waals surface area contributed by atoms with Gasteiger partial charge >= 0.3 is 0 Å². The van der Waals surface area contributed by atoms with Crippen molar-refractivity contribution in [2.75, 3.05) is 25.4 Å². The van der Waals surface area contributed by atoms with Crippen LogP contribution in [0.5, 0.6) is 0 Å². The van der Waals surface area contributed by atoms with Crippen LogP contribution in [0.1, 0.15) is 39.7 Å². The number of carbonyl (C=O) groups is 1. The van der Waals surface area contributed by atoms with E-state index in [0.717, 1.165) is 36.2 Å². The Balaban J connectivity index is 1.85. The summed E-state index contributed by atoms with van der Waals surface area (Å²) in [6.45, 7) is 12.0. The third-order valence-corrected chi connectivity index (χ3v) is 4.79. The number of hydrogen-bond acceptors (Lipinski definition) is 3. The highest BCUT2D eigenvalue weighted by molar-refractivity contribution is 5.78. The fourth-order valence-corrected chi connectivity index (χ4v) is 3.47. The molecule has 4 heteroatoms. The lowest BCUT2D eigenvalue weighted by molar-refractivity contribution is -0.121. The molecule has 1 aromatic carbocycles. The van der Waals surface area contributed by atoms with Crippen LogP contribution in [-0.4, -0.2) is 36.0 Å². The van der Waals surface area contributed by atoms with Gasteiger partial charge < -0.3 is 11.1 Å². The van der Waals surface area contributed by atoms with Crippen LogP contribution in [0.25, 0.3) is 0 Å². The number of carbonyl (C=O) groups excluding carboxylic acids is 1. The van der Waals surface area contributed by atoms with Crippen molar-refractivity contribution in [3.63, 3.8) is 0 Å². The van der Waals surface area contributed by atoms with Crippen LogP contribution in [0.3, 0.4) is 0 Å². The van der Waals surface area contributed by atoms with E-state index in [9.17, 15) is 4.79 Å². The fraction of sp³-hybridized carbons (Fsp3) is 0.632. The third-order valence-electron chi connectivity index (χ3n) is 4.79. The minimum atomic E-state index is -0.0142. The number of amides is 1. The predicted octanol–water partition coefficient (Wildman–Crippen LogP) is 2.68. The molecule has 4 nitrogen and oxygen atoms in total. The molecule has 0 saturated carbocycles. The highest BCUT2D eigenvalue weighted by Crippen LogP contribution is 2.26. The van der Waals surface area contributed by atoms with E-state index in [4.69, 9.17) is 5.73 Å². The number of nitrogen functional groups attached to an aromatic ring is 1. The number of piperidine rings is 1. The van der Waals surface area contributed by atoms with Crippen LogP contribution in [0.4, 0.5) is 5.69 Å². The number of nitrogens with one attached hydrogen (secondary N) is 1. The summed E-state index contributed by atoms with van der Waals surface area (Å²) in [7, 11) is 0. The lowest BCUT2D eigenvalue weighted by Gasteiger charge is -2.45. The van der Waals surface area contributed by atoms with Crippen molar-refractivity contribution in [3.8, 4) is 0 Å². The lowest BCUT2D eigenvalue weighted by atomic mass is 9.88. The molecule has 0 spiro atoms. The van der Waals surface area contributed by atoms with Crippen LogP contribution in [0.15, 0.2) is 24.3 Å². The first kappa shape index (κ1) is 17.8. The van der Waals surface area contributed by atoms with Gasteiger partial charge in [-0.1, -0.05) is 26.0 Å². The minimum Gasteiger partial charge on any atom is -0.399 e. The number of benzene rings is 1. The number of anilines is 1. The van der Waals surface area contributed by atoms with E-state index < -0.39 is 0 Å². The summed E-state index contributed by atoms with van der Waals surface area (Å²) < 4.78 is 0. The smallest absolute Gasteiger partial charge is 0.224 e. The second kappa shape index (κ2) is 7.35. The number of rotatable bonds is 5. The first-order valence-electron chi connectivity index (χ1n) is 8.62.